The van der Waals surface area contributed by atoms with E-state index in [1.165, 1.54) is 30.5 Å². The first kappa shape index (κ1) is 25.3. The lowest BCUT2D eigenvalue weighted by molar-refractivity contribution is -0.0384. The van der Waals surface area contributed by atoms with Gasteiger partial charge in [-0.2, -0.15) is 13.2 Å². The minimum Gasteiger partial charge on any atom is -0.487 e. The van der Waals surface area contributed by atoms with Gasteiger partial charge < -0.3 is 13.9 Å². The summed E-state index contributed by atoms with van der Waals surface area (Å²) in [4.78, 5) is 3.99. The molecule has 36 heavy (non-hydrogen) atoms. The van der Waals surface area contributed by atoms with Crippen LogP contribution in [0.15, 0.2) is 76.5 Å². The second-order valence-corrected chi connectivity index (χ2v) is 8.92. The van der Waals surface area contributed by atoms with E-state index in [2.05, 4.69) is 15.3 Å². The normalized spacial score (nSPS) is 12.8. The van der Waals surface area contributed by atoms with Crippen LogP contribution in [0.25, 0.3) is 12.2 Å². The molecule has 0 bridgehead atoms. The summed E-state index contributed by atoms with van der Waals surface area (Å²) in [6.07, 6.45) is 8.07. The van der Waals surface area contributed by atoms with Crippen molar-refractivity contribution in [1.82, 2.24) is 20.0 Å². The van der Waals surface area contributed by atoms with Crippen LogP contribution >= 0.6 is 0 Å². The van der Waals surface area contributed by atoms with Crippen LogP contribution in [-0.2, 0) is 35.3 Å². The van der Waals surface area contributed by atoms with Gasteiger partial charge in [-0.25, -0.2) is 9.19 Å². The van der Waals surface area contributed by atoms with Gasteiger partial charge in [-0.15, -0.1) is 5.10 Å². The molecular weight excluding hydrogens is 497 g/mol. The highest BCUT2D eigenvalue weighted by atomic mass is 32.2. The van der Waals surface area contributed by atoms with Gasteiger partial charge in [-0.3, -0.25) is 4.68 Å². The first-order valence-corrected chi connectivity index (χ1v) is 11.9. The number of alkyl halides is 3. The Labute approximate surface area is 206 Å². The van der Waals surface area contributed by atoms with Crippen molar-refractivity contribution in [1.29, 1.82) is 0 Å². The number of oxazole rings is 1. The van der Waals surface area contributed by atoms with Gasteiger partial charge in [0.05, 0.1) is 26.0 Å². The molecule has 2 heterocycles. The van der Waals surface area contributed by atoms with Crippen molar-refractivity contribution < 1.29 is 31.3 Å². The molecule has 2 aromatic carbocycles. The first-order chi connectivity index (χ1) is 17.4. The topological polar surface area (TPSA) is 92.3 Å². The van der Waals surface area contributed by atoms with Gasteiger partial charge in [-0.1, -0.05) is 29.5 Å². The molecule has 12 heteroatoms. The summed E-state index contributed by atoms with van der Waals surface area (Å²) in [5.74, 6) is 0.979. The first-order valence-electron chi connectivity index (χ1n) is 10.7. The zero-order valence-corrected chi connectivity index (χ0v) is 19.6. The number of rotatable bonds is 11. The number of ether oxygens (including phenoxy) is 2. The van der Waals surface area contributed by atoms with Gasteiger partial charge in [0, 0.05) is 17.2 Å². The minimum absolute atomic E-state index is 0.197. The maximum Gasteiger partial charge on any atom is 0.475 e. The smallest absolute Gasteiger partial charge is 0.475 e. The van der Waals surface area contributed by atoms with Gasteiger partial charge in [-0.05, 0) is 41.5 Å². The van der Waals surface area contributed by atoms with Crippen molar-refractivity contribution in [2.24, 2.45) is 0 Å². The summed E-state index contributed by atoms with van der Waals surface area (Å²) in [6.45, 7) is 1.82. The summed E-state index contributed by atoms with van der Waals surface area (Å²) in [5.41, 5.74) is -2.60. The fraction of sp³-hybridized carbons (Fsp3) is 0.208. The van der Waals surface area contributed by atoms with E-state index in [0.29, 0.717) is 42.7 Å². The standard InChI is InChI=1S/C24H21F3N4O4S/c25-24(26,27)36(32)22-8-3-18(4-9-22)5-10-23-29-20(17-35-23)16-34-21-6-1-19(2-7-21)15-33-14-13-31-12-11-28-30-31/h1-12,17H,13-16H2/b10-5+. The number of benzene rings is 2. The lowest BCUT2D eigenvalue weighted by Gasteiger charge is -2.07. The quantitative estimate of drug-likeness (QED) is 0.262. The molecule has 188 valence electrons. The van der Waals surface area contributed by atoms with E-state index in [0.717, 1.165) is 5.56 Å². The third-order valence-corrected chi connectivity index (χ3v) is 5.93. The summed E-state index contributed by atoms with van der Waals surface area (Å²) in [7, 11) is -3.05. The highest BCUT2D eigenvalue weighted by molar-refractivity contribution is 7.86. The van der Waals surface area contributed by atoms with Crippen molar-refractivity contribution >= 4 is 23.0 Å². The van der Waals surface area contributed by atoms with Crippen LogP contribution < -0.4 is 4.74 Å². The van der Waals surface area contributed by atoms with E-state index in [1.54, 1.807) is 29.2 Å². The highest BCUT2D eigenvalue weighted by Gasteiger charge is 2.37. The zero-order valence-electron chi connectivity index (χ0n) is 18.8. The number of aromatic nitrogens is 4. The van der Waals surface area contributed by atoms with Crippen molar-refractivity contribution in [3.63, 3.8) is 0 Å². The minimum atomic E-state index is -4.79. The van der Waals surface area contributed by atoms with Crippen molar-refractivity contribution in [3.8, 4) is 5.75 Å². The van der Waals surface area contributed by atoms with Crippen LogP contribution in [0.3, 0.4) is 0 Å². The van der Waals surface area contributed by atoms with Gasteiger partial charge in [0.25, 0.3) is 0 Å². The number of halogens is 3. The van der Waals surface area contributed by atoms with Crippen LogP contribution in [0, 0.1) is 0 Å². The molecule has 0 spiro atoms. The van der Waals surface area contributed by atoms with Crippen molar-refractivity contribution in [2.45, 2.75) is 30.2 Å². The van der Waals surface area contributed by atoms with Gasteiger partial charge in [0.2, 0.25) is 5.89 Å². The average molecular weight is 519 g/mol. The zero-order chi connectivity index (χ0) is 25.4. The Bertz CT molecular complexity index is 1290. The van der Waals surface area contributed by atoms with Gasteiger partial charge >= 0.3 is 5.51 Å². The largest absolute Gasteiger partial charge is 0.487 e. The van der Waals surface area contributed by atoms with Crippen LogP contribution in [0.5, 0.6) is 5.75 Å². The van der Waals surface area contributed by atoms with Crippen LogP contribution in [0.2, 0.25) is 0 Å². The lowest BCUT2D eigenvalue weighted by Crippen LogP contribution is -2.16. The van der Waals surface area contributed by atoms with Crippen molar-refractivity contribution in [3.05, 3.63) is 89.9 Å². The molecule has 0 aliphatic carbocycles. The number of hydrogen-bond donors (Lipinski definition) is 0. The molecule has 2 aromatic heterocycles. The maximum atomic E-state index is 12.5. The third-order valence-electron chi connectivity index (χ3n) is 4.81. The molecule has 0 N–H and O–H groups in total. The Morgan fingerprint density at radius 3 is 2.50 bits per heavy atom. The van der Waals surface area contributed by atoms with Crippen LogP contribution in [-0.4, -0.2) is 36.3 Å². The summed E-state index contributed by atoms with van der Waals surface area (Å²) < 4.78 is 67.4. The predicted octanol–water partition coefficient (Wildman–Crippen LogP) is 4.86. The number of nitrogens with zero attached hydrogens (tertiary/aromatic N) is 4. The molecule has 0 amide bonds. The second-order valence-electron chi connectivity index (χ2n) is 7.45. The summed E-state index contributed by atoms with van der Waals surface area (Å²) in [5, 5.41) is 7.61. The molecule has 8 nitrogen and oxygen atoms in total. The van der Waals surface area contributed by atoms with E-state index < -0.39 is 16.3 Å². The summed E-state index contributed by atoms with van der Waals surface area (Å²) in [6, 6.07) is 12.7. The van der Waals surface area contributed by atoms with E-state index in [-0.39, 0.29) is 11.5 Å². The van der Waals surface area contributed by atoms with Gasteiger partial charge in [0.15, 0.2) is 10.8 Å². The fourth-order valence-electron chi connectivity index (χ4n) is 3.01. The molecule has 0 fully saturated rings. The average Bonchev–Trinajstić information content (AvgIpc) is 3.56. The third kappa shape index (κ3) is 7.36. The predicted molar refractivity (Wildman–Crippen MR) is 125 cm³/mol. The number of hydrogen-bond acceptors (Lipinski definition) is 7. The molecule has 0 saturated carbocycles. The molecule has 4 rings (SSSR count). The fourth-order valence-corrected chi connectivity index (χ4v) is 3.66. The highest BCUT2D eigenvalue weighted by Crippen LogP contribution is 2.26. The summed E-state index contributed by atoms with van der Waals surface area (Å²) >= 11 is 0. The van der Waals surface area contributed by atoms with Crippen molar-refractivity contribution in [2.75, 3.05) is 6.61 Å². The molecule has 1 unspecified atom stereocenters. The lowest BCUT2D eigenvalue weighted by atomic mass is 10.2. The van der Waals surface area contributed by atoms with Crippen LogP contribution in [0.1, 0.15) is 22.7 Å². The van der Waals surface area contributed by atoms with E-state index in [1.807, 2.05) is 24.3 Å². The van der Waals surface area contributed by atoms with E-state index in [4.69, 9.17) is 13.9 Å². The second kappa shape index (κ2) is 11.8. The van der Waals surface area contributed by atoms with E-state index in [9.17, 15) is 17.4 Å². The van der Waals surface area contributed by atoms with E-state index >= 15 is 0 Å². The molecule has 0 aliphatic heterocycles. The SMILES string of the molecule is O=S(c1ccc(/C=C/c2nc(COc3ccc(COCCn4ccnn4)cc3)co2)cc1)C(F)(F)F. The van der Waals surface area contributed by atoms with Crippen LogP contribution in [0.4, 0.5) is 13.2 Å². The Hall–Kier alpha value is -3.77. The Morgan fingerprint density at radius 1 is 1.03 bits per heavy atom. The molecule has 4 aromatic rings. The Morgan fingerprint density at radius 2 is 1.81 bits per heavy atom. The molecule has 1 atom stereocenters. The van der Waals surface area contributed by atoms with Gasteiger partial charge in [0.1, 0.15) is 24.3 Å². The maximum absolute atomic E-state index is 12.5. The molecule has 0 aliphatic rings. The Balaban J connectivity index is 1.22. The molecular formula is C24H21F3N4O4S. The Kier molecular flexibility index (Phi) is 8.28. The monoisotopic (exact) mass is 518 g/mol. The molecule has 0 saturated heterocycles. The molecule has 0 radical (unpaired) electrons.